The van der Waals surface area contributed by atoms with E-state index in [1.807, 2.05) is 0 Å². The molecule has 2 heterocycles. The monoisotopic (exact) mass is 401 g/mol. The van der Waals surface area contributed by atoms with Crippen LogP contribution in [0.25, 0.3) is 0 Å². The molecule has 9 heteroatoms. The minimum Gasteiger partial charge on any atom is -0.472 e. The van der Waals surface area contributed by atoms with Crippen LogP contribution < -0.4 is 15.4 Å². The summed E-state index contributed by atoms with van der Waals surface area (Å²) in [5.41, 5.74) is 1.58. The highest BCUT2D eigenvalue weighted by Crippen LogP contribution is 2.22. The van der Waals surface area contributed by atoms with Crippen molar-refractivity contribution in [2.45, 2.75) is 13.0 Å². The Bertz CT molecular complexity index is 984. The summed E-state index contributed by atoms with van der Waals surface area (Å²) in [5, 5.41) is 13.6. The van der Waals surface area contributed by atoms with E-state index >= 15 is 0 Å². The summed E-state index contributed by atoms with van der Waals surface area (Å²) in [6.45, 7) is -0.515. The standard InChI is InChI=1S/C20H18F3N5O/c21-15-5-2-1-4-13(15)10-25-16-8-19(26-11-14(16)9-24)27-18-6-3-7-20(28-18)29-12-17(22)23/h1-9,11,17,24H,10,12H2,(H2,25,26,27,28). The number of benzene rings is 1. The number of alkyl halides is 2. The predicted octanol–water partition coefficient (Wildman–Crippen LogP) is 4.61. The average Bonchev–Trinajstić information content (AvgIpc) is 2.72. The number of rotatable bonds is 9. The highest BCUT2D eigenvalue weighted by Gasteiger charge is 2.08. The van der Waals surface area contributed by atoms with E-state index < -0.39 is 13.0 Å². The Morgan fingerprint density at radius 1 is 1.10 bits per heavy atom. The summed E-state index contributed by atoms with van der Waals surface area (Å²) in [6, 6.07) is 12.8. The summed E-state index contributed by atoms with van der Waals surface area (Å²) in [6.07, 6.45) is 0.0278. The smallest absolute Gasteiger partial charge is 0.272 e. The topological polar surface area (TPSA) is 82.9 Å². The summed E-state index contributed by atoms with van der Waals surface area (Å²) in [5.74, 6) is 0.495. The van der Waals surface area contributed by atoms with Crippen molar-refractivity contribution in [3.63, 3.8) is 0 Å². The number of pyridine rings is 2. The fraction of sp³-hybridized carbons (Fsp3) is 0.150. The van der Waals surface area contributed by atoms with E-state index in [2.05, 4.69) is 20.6 Å². The van der Waals surface area contributed by atoms with Crippen molar-refractivity contribution < 1.29 is 17.9 Å². The lowest BCUT2D eigenvalue weighted by molar-refractivity contribution is 0.0797. The van der Waals surface area contributed by atoms with Crippen LogP contribution >= 0.6 is 0 Å². The molecule has 2 aromatic heterocycles. The molecule has 0 aliphatic carbocycles. The normalized spacial score (nSPS) is 10.6. The van der Waals surface area contributed by atoms with Gasteiger partial charge >= 0.3 is 0 Å². The number of anilines is 3. The van der Waals surface area contributed by atoms with E-state index in [-0.39, 0.29) is 18.2 Å². The molecular formula is C20H18F3N5O. The van der Waals surface area contributed by atoms with Gasteiger partial charge in [-0.15, -0.1) is 0 Å². The van der Waals surface area contributed by atoms with Gasteiger partial charge in [0.1, 0.15) is 17.5 Å². The van der Waals surface area contributed by atoms with E-state index in [1.165, 1.54) is 18.3 Å². The SMILES string of the molecule is N=Cc1cnc(Nc2cccc(OCC(F)F)n2)cc1NCc1ccccc1F. The van der Waals surface area contributed by atoms with Crippen LogP contribution in [-0.4, -0.2) is 29.2 Å². The van der Waals surface area contributed by atoms with Gasteiger partial charge in [0, 0.05) is 47.9 Å². The lowest BCUT2D eigenvalue weighted by Gasteiger charge is -2.13. The molecule has 3 rings (SSSR count). The molecule has 0 aliphatic rings. The number of hydrogen-bond donors (Lipinski definition) is 3. The third-order valence-corrected chi connectivity index (χ3v) is 3.85. The number of nitrogens with one attached hydrogen (secondary N) is 3. The maximum atomic E-state index is 13.8. The van der Waals surface area contributed by atoms with E-state index in [0.29, 0.717) is 28.5 Å². The van der Waals surface area contributed by atoms with Crippen molar-refractivity contribution in [3.8, 4) is 5.88 Å². The van der Waals surface area contributed by atoms with Crippen molar-refractivity contribution in [1.82, 2.24) is 9.97 Å². The highest BCUT2D eigenvalue weighted by atomic mass is 19.3. The first-order valence-corrected chi connectivity index (χ1v) is 8.68. The number of hydrogen-bond acceptors (Lipinski definition) is 6. The Balaban J connectivity index is 1.74. The minimum atomic E-state index is -2.59. The molecule has 3 aromatic rings. The number of ether oxygens (including phenoxy) is 1. The average molecular weight is 401 g/mol. The van der Waals surface area contributed by atoms with Crippen LogP contribution in [0.4, 0.5) is 30.5 Å². The number of halogens is 3. The molecule has 0 saturated heterocycles. The first-order chi connectivity index (χ1) is 14.0. The maximum Gasteiger partial charge on any atom is 0.272 e. The quantitative estimate of drug-likeness (QED) is 0.456. The fourth-order valence-corrected chi connectivity index (χ4v) is 2.48. The van der Waals surface area contributed by atoms with Crippen LogP contribution in [0.15, 0.2) is 54.7 Å². The van der Waals surface area contributed by atoms with Gasteiger partial charge < -0.3 is 20.8 Å². The number of nitrogens with zero attached hydrogens (tertiary/aromatic N) is 2. The molecule has 0 fully saturated rings. The van der Waals surface area contributed by atoms with Crippen LogP contribution in [0, 0.1) is 11.2 Å². The largest absolute Gasteiger partial charge is 0.472 e. The first-order valence-electron chi connectivity index (χ1n) is 8.68. The lowest BCUT2D eigenvalue weighted by atomic mass is 10.2. The molecule has 29 heavy (non-hydrogen) atoms. The van der Waals surface area contributed by atoms with Gasteiger partial charge in [0.2, 0.25) is 5.88 Å². The van der Waals surface area contributed by atoms with E-state index in [9.17, 15) is 13.2 Å². The zero-order chi connectivity index (χ0) is 20.6. The van der Waals surface area contributed by atoms with Gasteiger partial charge in [-0.3, -0.25) is 0 Å². The van der Waals surface area contributed by atoms with Crippen molar-refractivity contribution in [3.05, 3.63) is 71.7 Å². The van der Waals surface area contributed by atoms with Crippen LogP contribution in [0.5, 0.6) is 5.88 Å². The Hall–Kier alpha value is -3.62. The molecule has 0 aliphatic heterocycles. The molecule has 0 spiro atoms. The van der Waals surface area contributed by atoms with Crippen molar-refractivity contribution in [2.75, 3.05) is 17.2 Å². The Labute approximate surface area is 165 Å². The second-order valence-electron chi connectivity index (χ2n) is 5.93. The van der Waals surface area contributed by atoms with Crippen LogP contribution in [0.1, 0.15) is 11.1 Å². The third-order valence-electron chi connectivity index (χ3n) is 3.85. The molecular weight excluding hydrogens is 383 g/mol. The molecule has 0 unspecified atom stereocenters. The molecule has 1 aromatic carbocycles. The molecule has 0 amide bonds. The van der Waals surface area contributed by atoms with E-state index in [4.69, 9.17) is 10.1 Å². The molecule has 0 saturated carbocycles. The van der Waals surface area contributed by atoms with Gasteiger partial charge in [-0.25, -0.2) is 18.2 Å². The van der Waals surface area contributed by atoms with Crippen LogP contribution in [-0.2, 0) is 6.54 Å². The van der Waals surface area contributed by atoms with Gasteiger partial charge in [0.25, 0.3) is 6.43 Å². The van der Waals surface area contributed by atoms with Crippen molar-refractivity contribution >= 4 is 23.5 Å². The Morgan fingerprint density at radius 3 is 2.69 bits per heavy atom. The van der Waals surface area contributed by atoms with Crippen molar-refractivity contribution in [1.29, 1.82) is 5.41 Å². The summed E-state index contributed by atoms with van der Waals surface area (Å²) in [7, 11) is 0. The van der Waals surface area contributed by atoms with E-state index in [0.717, 1.165) is 6.21 Å². The molecule has 0 radical (unpaired) electrons. The van der Waals surface area contributed by atoms with Gasteiger partial charge in [0.05, 0.1) is 0 Å². The van der Waals surface area contributed by atoms with Gasteiger partial charge in [-0.1, -0.05) is 24.3 Å². The van der Waals surface area contributed by atoms with Crippen molar-refractivity contribution in [2.24, 2.45) is 0 Å². The second kappa shape index (κ2) is 9.54. The third kappa shape index (κ3) is 5.68. The Kier molecular flexibility index (Phi) is 6.62. The minimum absolute atomic E-state index is 0.0595. The molecule has 150 valence electrons. The first kappa shape index (κ1) is 20.1. The van der Waals surface area contributed by atoms with Crippen LogP contribution in [0.2, 0.25) is 0 Å². The fourth-order valence-electron chi connectivity index (χ4n) is 2.48. The zero-order valence-corrected chi connectivity index (χ0v) is 15.2. The molecule has 0 atom stereocenters. The molecule has 0 bridgehead atoms. The predicted molar refractivity (Wildman–Crippen MR) is 105 cm³/mol. The molecule has 3 N–H and O–H groups in total. The molecule has 6 nitrogen and oxygen atoms in total. The zero-order valence-electron chi connectivity index (χ0n) is 15.2. The summed E-state index contributed by atoms with van der Waals surface area (Å²) >= 11 is 0. The number of aromatic nitrogens is 2. The second-order valence-corrected chi connectivity index (χ2v) is 5.93. The maximum absolute atomic E-state index is 13.8. The highest BCUT2D eigenvalue weighted by molar-refractivity contribution is 5.86. The Morgan fingerprint density at radius 2 is 1.93 bits per heavy atom. The van der Waals surface area contributed by atoms with Gasteiger partial charge in [0.15, 0.2) is 6.61 Å². The van der Waals surface area contributed by atoms with Gasteiger partial charge in [-0.2, -0.15) is 4.98 Å². The lowest BCUT2D eigenvalue weighted by Crippen LogP contribution is -2.08. The van der Waals surface area contributed by atoms with Gasteiger partial charge in [-0.05, 0) is 12.1 Å². The van der Waals surface area contributed by atoms with E-state index in [1.54, 1.807) is 36.4 Å². The summed E-state index contributed by atoms with van der Waals surface area (Å²) in [4.78, 5) is 8.30. The summed E-state index contributed by atoms with van der Waals surface area (Å²) < 4.78 is 43.3. The van der Waals surface area contributed by atoms with Crippen LogP contribution in [0.3, 0.4) is 0 Å².